The van der Waals surface area contributed by atoms with E-state index >= 15 is 0 Å². The van der Waals surface area contributed by atoms with Gasteiger partial charge >= 0.3 is 5.97 Å². The minimum absolute atomic E-state index is 0.0132. The zero-order valence-corrected chi connectivity index (χ0v) is 21.7. The van der Waals surface area contributed by atoms with Gasteiger partial charge in [-0.15, -0.1) is 0 Å². The fraction of sp³-hybridized carbons (Fsp3) is 0.250. The number of nitrogens with one attached hydrogen (secondary N) is 1. The number of fused-ring (bicyclic) bond motifs is 3. The third-order valence-corrected chi connectivity index (χ3v) is 7.71. The van der Waals surface area contributed by atoms with Crippen LogP contribution in [0.2, 0.25) is 5.02 Å². The first kappa shape index (κ1) is 23.8. The number of aromatic carboxylic acids is 1. The number of carboxylic acids is 1. The second kappa shape index (κ2) is 9.59. The molecular weight excluding hydrogens is 530 g/mol. The smallest absolute Gasteiger partial charge is 0.336 e. The number of allylic oxidation sites excluding steroid dienone is 2. The van der Waals surface area contributed by atoms with Crippen molar-refractivity contribution >= 4 is 39.2 Å². The van der Waals surface area contributed by atoms with Gasteiger partial charge < -0.3 is 19.9 Å². The molecule has 5 nitrogen and oxygen atoms in total. The van der Waals surface area contributed by atoms with E-state index in [0.29, 0.717) is 28.7 Å². The molecular formula is C28H25BrClNO4. The molecule has 3 atom stereocenters. The van der Waals surface area contributed by atoms with Crippen molar-refractivity contribution < 1.29 is 19.4 Å². The van der Waals surface area contributed by atoms with Crippen LogP contribution < -0.4 is 14.8 Å². The highest BCUT2D eigenvalue weighted by Crippen LogP contribution is 2.53. The number of ether oxygens (including phenoxy) is 2. The van der Waals surface area contributed by atoms with E-state index in [4.69, 9.17) is 21.1 Å². The highest BCUT2D eigenvalue weighted by Gasteiger charge is 2.41. The number of carbonyl (C=O) groups is 1. The Balaban J connectivity index is 1.49. The number of benzene rings is 3. The predicted octanol–water partition coefficient (Wildman–Crippen LogP) is 7.52. The molecule has 3 aromatic rings. The van der Waals surface area contributed by atoms with Crippen molar-refractivity contribution in [3.8, 4) is 11.5 Å². The molecule has 0 bridgehead atoms. The Morgan fingerprint density at radius 2 is 1.97 bits per heavy atom. The highest BCUT2D eigenvalue weighted by atomic mass is 79.9. The molecule has 0 unspecified atom stereocenters. The largest absolute Gasteiger partial charge is 0.493 e. The van der Waals surface area contributed by atoms with Crippen molar-refractivity contribution in [1.82, 2.24) is 0 Å². The second-order valence-corrected chi connectivity index (χ2v) is 10.2. The van der Waals surface area contributed by atoms with Crippen LogP contribution >= 0.6 is 27.5 Å². The van der Waals surface area contributed by atoms with Gasteiger partial charge in [0.05, 0.1) is 23.2 Å². The summed E-state index contributed by atoms with van der Waals surface area (Å²) in [5.74, 6) is 0.599. The van der Waals surface area contributed by atoms with Crippen LogP contribution in [0.1, 0.15) is 51.0 Å². The number of halogens is 2. The van der Waals surface area contributed by atoms with Gasteiger partial charge in [-0.05, 0) is 87.8 Å². The summed E-state index contributed by atoms with van der Waals surface area (Å²) in [6.45, 7) is 2.39. The summed E-state index contributed by atoms with van der Waals surface area (Å²) in [6.07, 6.45) is 5.17. The first-order valence-electron chi connectivity index (χ1n) is 11.4. The minimum Gasteiger partial charge on any atom is -0.493 e. The normalized spacial score (nSPS) is 20.1. The predicted molar refractivity (Wildman–Crippen MR) is 141 cm³/mol. The van der Waals surface area contributed by atoms with Crippen molar-refractivity contribution in [3.05, 3.63) is 98.0 Å². The Kier molecular flexibility index (Phi) is 6.51. The minimum atomic E-state index is -0.896. The molecule has 0 amide bonds. The van der Waals surface area contributed by atoms with Gasteiger partial charge in [-0.3, -0.25) is 0 Å². The van der Waals surface area contributed by atoms with Gasteiger partial charge in [0.15, 0.2) is 11.5 Å². The third kappa shape index (κ3) is 4.41. The number of aryl methyl sites for hydroxylation is 1. The first-order valence-corrected chi connectivity index (χ1v) is 12.6. The summed E-state index contributed by atoms with van der Waals surface area (Å²) in [5.41, 5.74) is 5.23. The van der Waals surface area contributed by atoms with Crippen molar-refractivity contribution in [2.75, 3.05) is 12.4 Å². The van der Waals surface area contributed by atoms with Crippen molar-refractivity contribution in [2.45, 2.75) is 31.9 Å². The molecule has 5 rings (SSSR count). The summed E-state index contributed by atoms with van der Waals surface area (Å²) in [6, 6.07) is 15.2. The summed E-state index contributed by atoms with van der Waals surface area (Å²) in [5, 5.41) is 14.2. The third-order valence-electron chi connectivity index (χ3n) is 6.87. The Hall–Kier alpha value is -2.96. The topological polar surface area (TPSA) is 67.8 Å². The van der Waals surface area contributed by atoms with Crippen LogP contribution in [0.25, 0.3) is 0 Å². The quantitative estimate of drug-likeness (QED) is 0.308. The maximum absolute atomic E-state index is 12.0. The van der Waals surface area contributed by atoms with Crippen molar-refractivity contribution in [1.29, 1.82) is 0 Å². The summed E-state index contributed by atoms with van der Waals surface area (Å²) in [7, 11) is 1.63. The SMILES string of the molecule is COc1cc([C@@H]2Nc3c(C)ccc(C(=O)O)c3[C@H]3C=CC[C@@H]32)cc(Br)c1OCc1ccc(Cl)cc1. The molecule has 0 radical (unpaired) electrons. The molecule has 2 aliphatic rings. The zero-order valence-electron chi connectivity index (χ0n) is 19.3. The first-order chi connectivity index (χ1) is 16.9. The molecule has 0 saturated heterocycles. The Morgan fingerprint density at radius 3 is 2.69 bits per heavy atom. The maximum atomic E-state index is 12.0. The van der Waals surface area contributed by atoms with Crippen molar-refractivity contribution in [2.24, 2.45) is 5.92 Å². The number of carboxylic acid groups (broad SMARTS) is 1. The lowest BCUT2D eigenvalue weighted by Crippen LogP contribution is -2.31. The molecule has 35 heavy (non-hydrogen) atoms. The maximum Gasteiger partial charge on any atom is 0.336 e. The molecule has 0 saturated carbocycles. The number of methoxy groups -OCH3 is 1. The lowest BCUT2D eigenvalue weighted by atomic mass is 9.74. The molecule has 0 aromatic heterocycles. The van der Waals surface area contributed by atoms with Gasteiger partial charge in [0.2, 0.25) is 0 Å². The lowest BCUT2D eigenvalue weighted by molar-refractivity contribution is 0.0695. The van der Waals surface area contributed by atoms with E-state index in [2.05, 4.69) is 39.5 Å². The van der Waals surface area contributed by atoms with Gasteiger partial charge in [0.1, 0.15) is 6.61 Å². The summed E-state index contributed by atoms with van der Waals surface area (Å²) < 4.78 is 12.6. The van der Waals surface area contributed by atoms with Crippen LogP contribution in [0.5, 0.6) is 11.5 Å². The van der Waals surface area contributed by atoms with E-state index in [1.165, 1.54) is 0 Å². The Morgan fingerprint density at radius 1 is 1.20 bits per heavy atom. The van der Waals surface area contributed by atoms with E-state index in [-0.39, 0.29) is 17.9 Å². The average molecular weight is 555 g/mol. The van der Waals surface area contributed by atoms with Crippen LogP contribution in [0.4, 0.5) is 5.69 Å². The Labute approximate surface area is 217 Å². The van der Waals surface area contributed by atoms with Crippen LogP contribution in [0.3, 0.4) is 0 Å². The van der Waals surface area contributed by atoms with E-state index in [1.54, 1.807) is 13.2 Å². The van der Waals surface area contributed by atoms with E-state index in [9.17, 15) is 9.90 Å². The van der Waals surface area contributed by atoms with Gasteiger partial charge in [0, 0.05) is 16.6 Å². The molecule has 1 aliphatic heterocycles. The second-order valence-electron chi connectivity index (χ2n) is 8.95. The molecule has 0 fully saturated rings. The van der Waals surface area contributed by atoms with Crippen LogP contribution in [0.15, 0.2) is 65.2 Å². The molecule has 1 aliphatic carbocycles. The average Bonchev–Trinajstić information content (AvgIpc) is 3.33. The molecule has 0 spiro atoms. The summed E-state index contributed by atoms with van der Waals surface area (Å²) >= 11 is 9.68. The molecule has 2 N–H and O–H groups in total. The number of hydrogen-bond acceptors (Lipinski definition) is 4. The van der Waals surface area contributed by atoms with E-state index < -0.39 is 5.97 Å². The van der Waals surface area contributed by atoms with Crippen LogP contribution in [0, 0.1) is 12.8 Å². The molecule has 180 valence electrons. The lowest BCUT2D eigenvalue weighted by Gasteiger charge is -2.39. The van der Waals surface area contributed by atoms with Gasteiger partial charge in [-0.1, -0.05) is 42.0 Å². The fourth-order valence-electron chi connectivity index (χ4n) is 5.17. The number of rotatable bonds is 6. The standard InChI is InChI=1S/C28H25BrClNO4/c1-15-6-11-21(28(32)33)24-19-4-3-5-20(19)26(31-25(15)24)17-12-22(29)27(23(13-17)34-2)35-14-16-7-9-18(30)10-8-16/h3-4,6-13,19-20,26,31H,5,14H2,1-2H3,(H,32,33)/t19-,20-,26-/m0/s1. The van der Waals surface area contributed by atoms with Crippen molar-refractivity contribution in [3.63, 3.8) is 0 Å². The summed E-state index contributed by atoms with van der Waals surface area (Å²) in [4.78, 5) is 12.0. The van der Waals surface area contributed by atoms with Crippen LogP contribution in [-0.2, 0) is 6.61 Å². The van der Waals surface area contributed by atoms with E-state index in [0.717, 1.165) is 38.8 Å². The number of anilines is 1. The molecule has 3 aromatic carbocycles. The highest BCUT2D eigenvalue weighted by molar-refractivity contribution is 9.10. The van der Waals surface area contributed by atoms with Gasteiger partial charge in [0.25, 0.3) is 0 Å². The Bertz CT molecular complexity index is 1320. The molecule has 7 heteroatoms. The van der Waals surface area contributed by atoms with Gasteiger partial charge in [-0.2, -0.15) is 0 Å². The monoisotopic (exact) mass is 553 g/mol. The van der Waals surface area contributed by atoms with Crippen LogP contribution in [-0.4, -0.2) is 18.2 Å². The zero-order chi connectivity index (χ0) is 24.7. The molecule has 1 heterocycles. The number of hydrogen-bond donors (Lipinski definition) is 2. The van der Waals surface area contributed by atoms with Gasteiger partial charge in [-0.25, -0.2) is 4.79 Å². The van der Waals surface area contributed by atoms with E-state index in [1.807, 2.05) is 43.3 Å². The fourth-order valence-corrected chi connectivity index (χ4v) is 5.87.